The van der Waals surface area contributed by atoms with Gasteiger partial charge in [0, 0.05) is 7.11 Å². The summed E-state index contributed by atoms with van der Waals surface area (Å²) in [6, 6.07) is 7.65. The van der Waals surface area contributed by atoms with Gasteiger partial charge in [-0.2, -0.15) is 0 Å². The lowest BCUT2D eigenvalue weighted by Crippen LogP contribution is -2.22. The van der Waals surface area contributed by atoms with E-state index in [1.54, 1.807) is 7.11 Å². The van der Waals surface area contributed by atoms with Crippen LogP contribution in [0.5, 0.6) is 5.75 Å². The van der Waals surface area contributed by atoms with E-state index in [9.17, 15) is 4.79 Å². The van der Waals surface area contributed by atoms with Crippen molar-refractivity contribution >= 4 is 17.7 Å². The van der Waals surface area contributed by atoms with Gasteiger partial charge in [0.1, 0.15) is 11.0 Å². The van der Waals surface area contributed by atoms with Crippen LogP contribution in [0.4, 0.5) is 0 Å². The highest BCUT2D eigenvalue weighted by Gasteiger charge is 2.20. The molecular formula is C14H20O4S. The van der Waals surface area contributed by atoms with E-state index >= 15 is 0 Å². The molecule has 0 saturated heterocycles. The maximum Gasteiger partial charge on any atom is 0.319 e. The maximum atomic E-state index is 11.8. The number of hydrogen-bond acceptors (Lipinski definition) is 5. The van der Waals surface area contributed by atoms with Gasteiger partial charge >= 0.3 is 5.97 Å². The van der Waals surface area contributed by atoms with E-state index in [2.05, 4.69) is 0 Å². The molecule has 0 aliphatic carbocycles. The zero-order valence-electron chi connectivity index (χ0n) is 11.5. The van der Waals surface area contributed by atoms with Crippen molar-refractivity contribution in [3.8, 4) is 5.75 Å². The molecule has 1 aromatic carbocycles. The van der Waals surface area contributed by atoms with Crippen LogP contribution in [0, 0.1) is 0 Å². The van der Waals surface area contributed by atoms with Gasteiger partial charge in [-0.15, -0.1) is 11.8 Å². The molecule has 5 heteroatoms. The molecule has 0 saturated carbocycles. The molecule has 4 nitrogen and oxygen atoms in total. The minimum atomic E-state index is -0.216. The second-order valence-corrected chi connectivity index (χ2v) is 4.88. The molecule has 106 valence electrons. The average molecular weight is 284 g/mol. The molecule has 0 amide bonds. The number of carbonyl (C=O) groups excluding carboxylic acids is 1. The number of carbonyl (C=O) groups is 1. The molecule has 0 aliphatic heterocycles. The first kappa shape index (κ1) is 15.9. The average Bonchev–Trinajstić information content (AvgIpc) is 2.43. The minimum Gasteiger partial charge on any atom is -0.467 e. The molecule has 0 fully saturated rings. The standard InChI is InChI=1S/C14H20O4S/c1-4-17-14(15)13(19-3)9-11-7-5-6-8-12(11)18-10-16-2/h5-8,13H,4,9-10H2,1-3H3. The lowest BCUT2D eigenvalue weighted by molar-refractivity contribution is -0.142. The van der Waals surface area contributed by atoms with Gasteiger partial charge in [0.15, 0.2) is 6.79 Å². The monoisotopic (exact) mass is 284 g/mol. The fraction of sp³-hybridized carbons (Fsp3) is 0.500. The number of hydrogen-bond donors (Lipinski definition) is 0. The van der Waals surface area contributed by atoms with Crippen LogP contribution in [0.3, 0.4) is 0 Å². The van der Waals surface area contributed by atoms with Gasteiger partial charge in [0.2, 0.25) is 0 Å². The van der Waals surface area contributed by atoms with Crippen LogP contribution in [-0.4, -0.2) is 38.0 Å². The largest absolute Gasteiger partial charge is 0.467 e. The first-order valence-corrected chi connectivity index (χ1v) is 7.40. The number of esters is 1. The Kier molecular flexibility index (Phi) is 7.36. The van der Waals surface area contributed by atoms with Crippen molar-refractivity contribution in [3.63, 3.8) is 0 Å². The van der Waals surface area contributed by atoms with Crippen LogP contribution >= 0.6 is 11.8 Å². The van der Waals surface area contributed by atoms with Crippen LogP contribution in [0.15, 0.2) is 24.3 Å². The summed E-state index contributed by atoms with van der Waals surface area (Å²) in [5.41, 5.74) is 0.979. The highest BCUT2D eigenvalue weighted by Crippen LogP contribution is 2.23. The Morgan fingerprint density at radius 3 is 2.74 bits per heavy atom. The molecule has 0 bridgehead atoms. The van der Waals surface area contributed by atoms with Gasteiger partial charge in [-0.25, -0.2) is 0 Å². The van der Waals surface area contributed by atoms with Crippen LogP contribution in [0.25, 0.3) is 0 Å². The number of ether oxygens (including phenoxy) is 3. The minimum absolute atomic E-state index is 0.184. The van der Waals surface area contributed by atoms with Gasteiger partial charge in [0.25, 0.3) is 0 Å². The van der Waals surface area contributed by atoms with Crippen molar-refractivity contribution in [3.05, 3.63) is 29.8 Å². The third-order valence-corrected chi connectivity index (χ3v) is 3.47. The highest BCUT2D eigenvalue weighted by molar-refractivity contribution is 7.99. The number of rotatable bonds is 8. The first-order chi connectivity index (χ1) is 9.22. The zero-order valence-corrected chi connectivity index (χ0v) is 12.4. The van der Waals surface area contributed by atoms with Crippen molar-refractivity contribution in [2.24, 2.45) is 0 Å². The van der Waals surface area contributed by atoms with Crippen LogP contribution in [0.1, 0.15) is 12.5 Å². The van der Waals surface area contributed by atoms with E-state index in [-0.39, 0.29) is 18.0 Å². The number of methoxy groups -OCH3 is 1. The fourth-order valence-electron chi connectivity index (χ4n) is 1.63. The smallest absolute Gasteiger partial charge is 0.319 e. The Balaban J connectivity index is 2.75. The van der Waals surface area contributed by atoms with E-state index in [0.29, 0.717) is 13.0 Å². The molecule has 1 atom stereocenters. The summed E-state index contributed by atoms with van der Waals surface area (Å²) in [6.45, 7) is 2.41. The molecule has 0 radical (unpaired) electrons. The van der Waals surface area contributed by atoms with Gasteiger partial charge in [-0.3, -0.25) is 4.79 Å². The predicted molar refractivity (Wildman–Crippen MR) is 76.6 cm³/mol. The molecular weight excluding hydrogens is 264 g/mol. The fourth-order valence-corrected chi connectivity index (χ4v) is 2.24. The third kappa shape index (κ3) is 5.12. The second-order valence-electron chi connectivity index (χ2n) is 3.84. The molecule has 1 unspecified atom stereocenters. The Morgan fingerprint density at radius 2 is 2.11 bits per heavy atom. The molecule has 0 aromatic heterocycles. The van der Waals surface area contributed by atoms with Gasteiger partial charge in [-0.1, -0.05) is 18.2 Å². The second kappa shape index (κ2) is 8.82. The molecule has 0 heterocycles. The predicted octanol–water partition coefficient (Wildman–Crippen LogP) is 2.51. The highest BCUT2D eigenvalue weighted by atomic mass is 32.2. The Morgan fingerprint density at radius 1 is 1.37 bits per heavy atom. The van der Waals surface area contributed by atoms with Gasteiger partial charge in [-0.05, 0) is 31.2 Å². The quantitative estimate of drug-likeness (QED) is 0.542. The number of benzene rings is 1. The van der Waals surface area contributed by atoms with Crippen LogP contribution in [0.2, 0.25) is 0 Å². The van der Waals surface area contributed by atoms with Crippen molar-refractivity contribution in [2.45, 2.75) is 18.6 Å². The maximum absolute atomic E-state index is 11.8. The summed E-state index contributed by atoms with van der Waals surface area (Å²) in [4.78, 5) is 11.8. The van der Waals surface area contributed by atoms with Crippen LogP contribution < -0.4 is 4.74 Å². The van der Waals surface area contributed by atoms with E-state index < -0.39 is 0 Å². The van der Waals surface area contributed by atoms with Crippen molar-refractivity contribution in [2.75, 3.05) is 26.8 Å². The summed E-state index contributed by atoms with van der Waals surface area (Å²) < 4.78 is 15.4. The molecule has 19 heavy (non-hydrogen) atoms. The molecule has 0 aliphatic rings. The molecule has 0 spiro atoms. The normalized spacial score (nSPS) is 11.9. The summed E-state index contributed by atoms with van der Waals surface area (Å²) >= 11 is 1.48. The SMILES string of the molecule is CCOC(=O)C(Cc1ccccc1OCOC)SC. The summed E-state index contributed by atoms with van der Waals surface area (Å²) in [5, 5.41) is -0.216. The van der Waals surface area contributed by atoms with Crippen molar-refractivity contribution in [1.82, 2.24) is 0 Å². The Labute approximate surface area is 118 Å². The zero-order chi connectivity index (χ0) is 14.1. The van der Waals surface area contributed by atoms with Crippen molar-refractivity contribution < 1.29 is 19.0 Å². The van der Waals surface area contributed by atoms with Crippen LogP contribution in [-0.2, 0) is 20.7 Å². The van der Waals surface area contributed by atoms with E-state index in [1.165, 1.54) is 11.8 Å². The summed E-state index contributed by atoms with van der Waals surface area (Å²) in [7, 11) is 1.58. The molecule has 1 rings (SSSR count). The van der Waals surface area contributed by atoms with E-state index in [4.69, 9.17) is 14.2 Å². The Hall–Kier alpha value is -1.20. The van der Waals surface area contributed by atoms with Gasteiger partial charge < -0.3 is 14.2 Å². The molecule has 1 aromatic rings. The number of para-hydroxylation sites is 1. The summed E-state index contributed by atoms with van der Waals surface area (Å²) in [5.74, 6) is 0.559. The van der Waals surface area contributed by atoms with Crippen molar-refractivity contribution in [1.29, 1.82) is 0 Å². The van der Waals surface area contributed by atoms with E-state index in [1.807, 2.05) is 37.4 Å². The third-order valence-electron chi connectivity index (χ3n) is 2.54. The lowest BCUT2D eigenvalue weighted by atomic mass is 10.1. The summed E-state index contributed by atoms with van der Waals surface area (Å²) in [6.07, 6.45) is 2.49. The lowest BCUT2D eigenvalue weighted by Gasteiger charge is -2.15. The Bertz CT molecular complexity index is 395. The first-order valence-electron chi connectivity index (χ1n) is 6.12. The van der Waals surface area contributed by atoms with E-state index in [0.717, 1.165) is 11.3 Å². The molecule has 0 N–H and O–H groups in total. The van der Waals surface area contributed by atoms with Gasteiger partial charge in [0.05, 0.1) is 6.61 Å². The number of thioether (sulfide) groups is 1. The topological polar surface area (TPSA) is 44.8 Å².